The van der Waals surface area contributed by atoms with E-state index in [0.29, 0.717) is 5.56 Å². The van der Waals surface area contributed by atoms with Crippen molar-refractivity contribution in [2.24, 2.45) is 5.73 Å². The Balaban J connectivity index is 3.21. The maximum atomic E-state index is 12.8. The molecule has 0 unspecified atom stereocenters. The molecule has 0 atom stereocenters. The fourth-order valence-electron chi connectivity index (χ4n) is 1.07. The summed E-state index contributed by atoms with van der Waals surface area (Å²) in [5.41, 5.74) is 4.65. The third kappa shape index (κ3) is 2.02. The minimum Gasteiger partial charge on any atom is -0.330 e. The van der Waals surface area contributed by atoms with E-state index in [4.69, 9.17) is 5.73 Å². The highest BCUT2D eigenvalue weighted by molar-refractivity contribution is 5.37. The van der Waals surface area contributed by atoms with Crippen molar-refractivity contribution in [2.45, 2.75) is 6.42 Å². The Bertz CT molecular complexity index is 369. The van der Waals surface area contributed by atoms with Gasteiger partial charge in [-0.1, -0.05) is 0 Å². The van der Waals surface area contributed by atoms with Gasteiger partial charge in [-0.2, -0.15) is 4.39 Å². The summed E-state index contributed by atoms with van der Waals surface area (Å²) in [6, 6.07) is 1.90. The topological polar surface area (TPSA) is 69.2 Å². The van der Waals surface area contributed by atoms with Crippen molar-refractivity contribution < 1.29 is 13.7 Å². The Kier molecular flexibility index (Phi) is 3.08. The van der Waals surface area contributed by atoms with E-state index < -0.39 is 22.2 Å². The molecule has 1 rings (SSSR count). The van der Waals surface area contributed by atoms with Gasteiger partial charge in [0.2, 0.25) is 5.82 Å². The maximum absolute atomic E-state index is 12.8. The monoisotopic (exact) mass is 202 g/mol. The number of nitro groups is 1. The number of nitrogens with zero attached hydrogens (tertiary/aromatic N) is 1. The van der Waals surface area contributed by atoms with Crippen molar-refractivity contribution in [1.82, 2.24) is 0 Å². The van der Waals surface area contributed by atoms with Gasteiger partial charge in [0.25, 0.3) is 0 Å². The van der Waals surface area contributed by atoms with Gasteiger partial charge in [0.05, 0.1) is 4.92 Å². The van der Waals surface area contributed by atoms with Crippen LogP contribution in [0.15, 0.2) is 12.1 Å². The summed E-state index contributed by atoms with van der Waals surface area (Å²) in [4.78, 5) is 9.34. The van der Waals surface area contributed by atoms with E-state index in [-0.39, 0.29) is 13.0 Å². The van der Waals surface area contributed by atoms with Crippen molar-refractivity contribution in [1.29, 1.82) is 0 Å². The second-order valence-electron chi connectivity index (χ2n) is 2.71. The average molecular weight is 202 g/mol. The summed E-state index contributed by atoms with van der Waals surface area (Å²) in [7, 11) is 0. The molecule has 0 saturated heterocycles. The Morgan fingerprint density at radius 3 is 2.57 bits per heavy atom. The average Bonchev–Trinajstić information content (AvgIpc) is 2.11. The molecule has 0 aliphatic rings. The van der Waals surface area contributed by atoms with Gasteiger partial charge in [-0.15, -0.1) is 0 Å². The molecule has 14 heavy (non-hydrogen) atoms. The van der Waals surface area contributed by atoms with E-state index in [1.807, 2.05) is 0 Å². The highest BCUT2D eigenvalue weighted by Gasteiger charge is 2.19. The highest BCUT2D eigenvalue weighted by Crippen LogP contribution is 2.21. The van der Waals surface area contributed by atoms with E-state index in [2.05, 4.69) is 0 Å². The van der Waals surface area contributed by atoms with Crippen LogP contribution in [-0.2, 0) is 6.42 Å². The van der Waals surface area contributed by atoms with Crippen molar-refractivity contribution in [3.05, 3.63) is 39.4 Å². The summed E-state index contributed by atoms with van der Waals surface area (Å²) >= 11 is 0. The van der Waals surface area contributed by atoms with Gasteiger partial charge in [-0.3, -0.25) is 10.1 Å². The lowest BCUT2D eigenvalue weighted by Crippen LogP contribution is -2.05. The van der Waals surface area contributed by atoms with Crippen LogP contribution in [0.4, 0.5) is 14.5 Å². The zero-order valence-corrected chi connectivity index (χ0v) is 7.17. The SMILES string of the molecule is NCCc1cc(F)c(F)c([N+](=O)[O-])c1. The van der Waals surface area contributed by atoms with E-state index in [9.17, 15) is 18.9 Å². The summed E-state index contributed by atoms with van der Waals surface area (Å²) in [6.45, 7) is 0.224. The number of nitro benzene ring substituents is 1. The molecule has 0 fully saturated rings. The predicted molar refractivity (Wildman–Crippen MR) is 45.8 cm³/mol. The van der Waals surface area contributed by atoms with Crippen molar-refractivity contribution in [3.63, 3.8) is 0 Å². The zero-order chi connectivity index (χ0) is 10.7. The van der Waals surface area contributed by atoms with Crippen LogP contribution in [-0.4, -0.2) is 11.5 Å². The molecule has 0 aromatic heterocycles. The lowest BCUT2D eigenvalue weighted by Gasteiger charge is -2.00. The quantitative estimate of drug-likeness (QED) is 0.594. The van der Waals surface area contributed by atoms with Crippen molar-refractivity contribution >= 4 is 5.69 Å². The van der Waals surface area contributed by atoms with E-state index in [1.54, 1.807) is 0 Å². The molecule has 6 heteroatoms. The second-order valence-corrected chi connectivity index (χ2v) is 2.71. The molecule has 0 saturated carbocycles. The fraction of sp³-hybridized carbons (Fsp3) is 0.250. The summed E-state index contributed by atoms with van der Waals surface area (Å²) in [6.07, 6.45) is 0.276. The summed E-state index contributed by atoms with van der Waals surface area (Å²) < 4.78 is 25.6. The molecule has 0 amide bonds. The van der Waals surface area contributed by atoms with Gasteiger partial charge in [-0.25, -0.2) is 4.39 Å². The van der Waals surface area contributed by atoms with Crippen LogP contribution in [0.2, 0.25) is 0 Å². The minimum atomic E-state index is -1.43. The maximum Gasteiger partial charge on any atom is 0.308 e. The Morgan fingerprint density at radius 2 is 2.07 bits per heavy atom. The number of hydrogen-bond acceptors (Lipinski definition) is 3. The second kappa shape index (κ2) is 4.10. The van der Waals surface area contributed by atoms with Crippen LogP contribution < -0.4 is 5.73 Å². The van der Waals surface area contributed by atoms with E-state index in [0.717, 1.165) is 12.1 Å². The van der Waals surface area contributed by atoms with Gasteiger partial charge < -0.3 is 5.73 Å². The van der Waals surface area contributed by atoms with Gasteiger partial charge in [0, 0.05) is 6.07 Å². The molecule has 0 bridgehead atoms. The van der Waals surface area contributed by atoms with Gasteiger partial charge in [0.15, 0.2) is 5.82 Å². The Hall–Kier alpha value is -1.56. The first-order chi connectivity index (χ1) is 6.56. The van der Waals surface area contributed by atoms with Gasteiger partial charge in [0.1, 0.15) is 0 Å². The normalized spacial score (nSPS) is 10.2. The number of benzene rings is 1. The first kappa shape index (κ1) is 10.5. The smallest absolute Gasteiger partial charge is 0.308 e. The molecule has 0 aliphatic carbocycles. The van der Waals surface area contributed by atoms with Gasteiger partial charge in [-0.05, 0) is 24.6 Å². The molecule has 1 aromatic carbocycles. The largest absolute Gasteiger partial charge is 0.330 e. The highest BCUT2D eigenvalue weighted by atomic mass is 19.2. The van der Waals surface area contributed by atoms with Crippen molar-refractivity contribution in [3.8, 4) is 0 Å². The molecule has 2 N–H and O–H groups in total. The van der Waals surface area contributed by atoms with Crippen LogP contribution in [0.1, 0.15) is 5.56 Å². The molecule has 4 nitrogen and oxygen atoms in total. The predicted octanol–water partition coefficient (Wildman–Crippen LogP) is 1.37. The Labute approximate surface area is 78.5 Å². The van der Waals surface area contributed by atoms with Crippen LogP contribution in [0, 0.1) is 21.7 Å². The lowest BCUT2D eigenvalue weighted by atomic mass is 10.1. The molecule has 0 spiro atoms. The van der Waals surface area contributed by atoms with Gasteiger partial charge >= 0.3 is 5.69 Å². The molecular formula is C8H8F2N2O2. The fourth-order valence-corrected chi connectivity index (χ4v) is 1.07. The van der Waals surface area contributed by atoms with Crippen LogP contribution >= 0.6 is 0 Å². The van der Waals surface area contributed by atoms with Crippen LogP contribution in [0.25, 0.3) is 0 Å². The number of halogens is 2. The first-order valence-electron chi connectivity index (χ1n) is 3.88. The number of nitrogens with two attached hydrogens (primary N) is 1. The van der Waals surface area contributed by atoms with Crippen LogP contribution in [0.5, 0.6) is 0 Å². The molecule has 0 heterocycles. The number of hydrogen-bond donors (Lipinski definition) is 1. The molecule has 0 aliphatic heterocycles. The molecular weight excluding hydrogens is 194 g/mol. The van der Waals surface area contributed by atoms with Crippen molar-refractivity contribution in [2.75, 3.05) is 6.54 Å². The standard InChI is InChI=1S/C8H8F2N2O2/c9-6-3-5(1-2-11)4-7(8(6)10)12(13)14/h3-4H,1-2,11H2. The van der Waals surface area contributed by atoms with E-state index >= 15 is 0 Å². The third-order valence-electron chi connectivity index (χ3n) is 1.70. The third-order valence-corrected chi connectivity index (χ3v) is 1.70. The summed E-state index contributed by atoms with van der Waals surface area (Å²) in [5, 5.41) is 10.3. The Morgan fingerprint density at radius 1 is 1.43 bits per heavy atom. The van der Waals surface area contributed by atoms with E-state index in [1.165, 1.54) is 0 Å². The number of rotatable bonds is 3. The summed E-state index contributed by atoms with van der Waals surface area (Å²) in [5.74, 6) is -2.65. The zero-order valence-electron chi connectivity index (χ0n) is 7.17. The first-order valence-corrected chi connectivity index (χ1v) is 3.88. The van der Waals surface area contributed by atoms with Crippen LogP contribution in [0.3, 0.4) is 0 Å². The molecule has 0 radical (unpaired) electrons. The minimum absolute atomic E-state index is 0.224. The molecule has 76 valence electrons. The lowest BCUT2D eigenvalue weighted by molar-refractivity contribution is -0.387. The molecule has 1 aromatic rings.